The first-order valence-corrected chi connectivity index (χ1v) is 18.5. The van der Waals surface area contributed by atoms with Gasteiger partial charge < -0.3 is 25.2 Å². The SMILES string of the molecule is Cc1ccc(-n2nc(C(C)(C)C)cc2NC(=O)Nc2ccc(OCc3ccnc(NC4=CN(CCN5CCCCC5)CC=N4)c3)c3ccccc23)cc1. The average molecular weight is 712 g/mol. The van der Waals surface area contributed by atoms with E-state index in [4.69, 9.17) is 9.84 Å². The summed E-state index contributed by atoms with van der Waals surface area (Å²) in [6.45, 7) is 14.0. The number of aliphatic imine (C=N–C) groups is 1. The summed E-state index contributed by atoms with van der Waals surface area (Å²) < 4.78 is 8.15. The quantitative estimate of drug-likeness (QED) is 0.126. The van der Waals surface area contributed by atoms with Crippen LogP contribution >= 0.6 is 0 Å². The number of anilines is 3. The molecule has 7 rings (SSSR count). The first kappa shape index (κ1) is 35.7. The van der Waals surface area contributed by atoms with Gasteiger partial charge in [-0.25, -0.2) is 19.5 Å². The topological polar surface area (TPSA) is 112 Å². The number of likely N-dealkylation sites (tertiary alicyclic amines) is 1. The van der Waals surface area contributed by atoms with Gasteiger partial charge >= 0.3 is 6.03 Å². The molecule has 0 bridgehead atoms. The van der Waals surface area contributed by atoms with Gasteiger partial charge in [0.05, 0.1) is 23.6 Å². The van der Waals surface area contributed by atoms with Crippen LogP contribution in [0.15, 0.2) is 102 Å². The number of hydrogen-bond acceptors (Lipinski definition) is 8. The number of nitrogens with zero attached hydrogens (tertiary/aromatic N) is 6. The normalized spacial score (nSPS) is 14.9. The largest absolute Gasteiger partial charge is 0.488 e. The van der Waals surface area contributed by atoms with Crippen LogP contribution in [0.25, 0.3) is 16.5 Å². The van der Waals surface area contributed by atoms with E-state index in [2.05, 4.69) is 62.7 Å². The maximum atomic E-state index is 13.5. The fourth-order valence-electron chi connectivity index (χ4n) is 6.60. The Morgan fingerprint density at radius 1 is 0.887 bits per heavy atom. The summed E-state index contributed by atoms with van der Waals surface area (Å²) in [6.07, 6.45) is 9.76. The van der Waals surface area contributed by atoms with Crippen molar-refractivity contribution < 1.29 is 9.53 Å². The zero-order valence-corrected chi connectivity index (χ0v) is 31.1. The van der Waals surface area contributed by atoms with E-state index in [9.17, 15) is 4.79 Å². The number of carbonyl (C=O) groups is 1. The third-order valence-corrected chi connectivity index (χ3v) is 9.61. The molecule has 0 aliphatic carbocycles. The van der Waals surface area contributed by atoms with E-state index in [0.717, 1.165) is 58.7 Å². The summed E-state index contributed by atoms with van der Waals surface area (Å²) >= 11 is 0. The molecule has 11 heteroatoms. The van der Waals surface area contributed by atoms with Crippen LogP contribution in [-0.2, 0) is 12.0 Å². The Bertz CT molecular complexity index is 2110. The molecule has 0 spiro atoms. The zero-order valence-electron chi connectivity index (χ0n) is 31.1. The van der Waals surface area contributed by atoms with Crippen molar-refractivity contribution >= 4 is 40.3 Å². The Morgan fingerprint density at radius 3 is 2.47 bits per heavy atom. The van der Waals surface area contributed by atoms with Crippen LogP contribution < -0.4 is 20.7 Å². The summed E-state index contributed by atoms with van der Waals surface area (Å²) in [7, 11) is 0. The van der Waals surface area contributed by atoms with E-state index in [1.807, 2.05) is 92.0 Å². The van der Waals surface area contributed by atoms with Gasteiger partial charge in [-0.3, -0.25) is 5.32 Å². The number of benzene rings is 3. The van der Waals surface area contributed by atoms with Gasteiger partial charge in [-0.15, -0.1) is 0 Å². The molecule has 0 saturated carbocycles. The van der Waals surface area contributed by atoms with Gasteiger partial charge in [0, 0.05) is 54.0 Å². The maximum Gasteiger partial charge on any atom is 0.324 e. The predicted molar refractivity (Wildman–Crippen MR) is 214 cm³/mol. The number of nitrogens with one attached hydrogen (secondary N) is 3. The lowest BCUT2D eigenvalue weighted by Crippen LogP contribution is -2.37. The number of aryl methyl sites for hydroxylation is 1. The molecular formula is C42H49N9O2. The molecule has 3 N–H and O–H groups in total. The van der Waals surface area contributed by atoms with Crippen LogP contribution in [0.5, 0.6) is 5.75 Å². The van der Waals surface area contributed by atoms with E-state index in [-0.39, 0.29) is 11.4 Å². The fraction of sp³-hybridized carbons (Fsp3) is 0.333. The molecule has 2 aliphatic heterocycles. The minimum atomic E-state index is -0.364. The maximum absolute atomic E-state index is 13.5. The molecule has 2 aromatic heterocycles. The van der Waals surface area contributed by atoms with E-state index >= 15 is 0 Å². The number of carbonyl (C=O) groups excluding carboxylic acids is 1. The van der Waals surface area contributed by atoms with Gasteiger partial charge in [-0.05, 0) is 74.8 Å². The second-order valence-electron chi connectivity index (χ2n) is 14.8. The van der Waals surface area contributed by atoms with Crippen LogP contribution in [0, 0.1) is 6.92 Å². The number of piperidine rings is 1. The molecule has 53 heavy (non-hydrogen) atoms. The Kier molecular flexibility index (Phi) is 10.7. The van der Waals surface area contributed by atoms with Crippen molar-refractivity contribution in [3.8, 4) is 11.4 Å². The monoisotopic (exact) mass is 711 g/mol. The number of ether oxygens (including phenoxy) is 1. The van der Waals surface area contributed by atoms with Gasteiger partial charge in [-0.1, -0.05) is 69.2 Å². The molecule has 274 valence electrons. The number of hydrogen-bond donors (Lipinski definition) is 3. The van der Waals surface area contributed by atoms with E-state index in [1.54, 1.807) is 10.9 Å². The molecule has 1 saturated heterocycles. The van der Waals surface area contributed by atoms with Crippen molar-refractivity contribution in [1.82, 2.24) is 24.6 Å². The zero-order chi connectivity index (χ0) is 36.8. The van der Waals surface area contributed by atoms with Crippen LogP contribution in [0.4, 0.5) is 22.1 Å². The number of amides is 2. The first-order chi connectivity index (χ1) is 25.7. The summed E-state index contributed by atoms with van der Waals surface area (Å²) in [5.41, 5.74) is 4.34. The van der Waals surface area contributed by atoms with E-state index in [1.165, 1.54) is 32.4 Å². The summed E-state index contributed by atoms with van der Waals surface area (Å²) in [4.78, 5) is 27.4. The molecule has 1 fully saturated rings. The second kappa shape index (κ2) is 15.9. The van der Waals surface area contributed by atoms with Crippen molar-refractivity contribution in [1.29, 1.82) is 0 Å². The van der Waals surface area contributed by atoms with Crippen molar-refractivity contribution in [3.63, 3.8) is 0 Å². The highest BCUT2D eigenvalue weighted by atomic mass is 16.5. The van der Waals surface area contributed by atoms with E-state index < -0.39 is 0 Å². The Morgan fingerprint density at radius 2 is 1.68 bits per heavy atom. The number of pyridine rings is 1. The molecular weight excluding hydrogens is 663 g/mol. The van der Waals surface area contributed by atoms with Crippen LogP contribution in [-0.4, -0.2) is 69.5 Å². The van der Waals surface area contributed by atoms with Crippen molar-refractivity contribution in [2.24, 2.45) is 4.99 Å². The van der Waals surface area contributed by atoms with Gasteiger partial charge in [0.2, 0.25) is 0 Å². The van der Waals surface area contributed by atoms with Crippen LogP contribution in [0.3, 0.4) is 0 Å². The standard InChI is InChI=1S/C42H49N9O2/c1-30-12-14-32(15-13-30)51-40(27-37(48-51)42(2,3)4)47-41(52)45-35-16-17-36(34-11-7-6-10-33(34)35)53-29-31-18-19-43-38(26-31)46-39-28-50(23-20-44-39)25-24-49-21-8-5-9-22-49/h6-7,10-20,26-28H,5,8-9,21-25,29H2,1-4H3,(H,43,46)(H2,45,47,52). The Balaban J connectivity index is 1.00. The molecule has 4 heterocycles. The number of fused-ring (bicyclic) bond motifs is 1. The number of aromatic nitrogens is 3. The highest BCUT2D eigenvalue weighted by molar-refractivity contribution is 6.07. The van der Waals surface area contributed by atoms with Gasteiger partial charge in [0.1, 0.15) is 29.8 Å². The average Bonchev–Trinajstić information content (AvgIpc) is 3.59. The summed E-state index contributed by atoms with van der Waals surface area (Å²) in [6, 6.07) is 25.2. The second-order valence-corrected chi connectivity index (χ2v) is 14.8. The summed E-state index contributed by atoms with van der Waals surface area (Å²) in [5, 5.41) is 16.1. The number of urea groups is 1. The first-order valence-electron chi connectivity index (χ1n) is 18.5. The third kappa shape index (κ3) is 9.04. The van der Waals surface area contributed by atoms with Gasteiger partial charge in [0.25, 0.3) is 0 Å². The van der Waals surface area contributed by atoms with Crippen molar-refractivity contribution in [2.75, 3.05) is 48.7 Å². The smallest absolute Gasteiger partial charge is 0.324 e. The predicted octanol–water partition coefficient (Wildman–Crippen LogP) is 8.33. The third-order valence-electron chi connectivity index (χ3n) is 9.61. The summed E-state index contributed by atoms with van der Waals surface area (Å²) in [5.74, 6) is 2.78. The molecule has 3 aromatic carbocycles. The molecule has 2 aliphatic rings. The highest BCUT2D eigenvalue weighted by Crippen LogP contribution is 2.33. The molecule has 0 unspecified atom stereocenters. The van der Waals surface area contributed by atoms with Gasteiger partial charge in [0.15, 0.2) is 0 Å². The van der Waals surface area contributed by atoms with Crippen molar-refractivity contribution in [2.45, 2.75) is 59.0 Å². The fourth-order valence-corrected chi connectivity index (χ4v) is 6.60. The Hall–Kier alpha value is -5.68. The molecule has 0 atom stereocenters. The number of rotatable bonds is 11. The minimum Gasteiger partial charge on any atom is -0.488 e. The lowest BCUT2D eigenvalue weighted by molar-refractivity contribution is 0.209. The molecule has 11 nitrogen and oxygen atoms in total. The molecule has 5 aromatic rings. The van der Waals surface area contributed by atoms with Crippen molar-refractivity contribution in [3.05, 3.63) is 114 Å². The lowest BCUT2D eigenvalue weighted by Gasteiger charge is -2.30. The Labute approximate surface area is 311 Å². The lowest BCUT2D eigenvalue weighted by atomic mass is 9.92. The van der Waals surface area contributed by atoms with Crippen LogP contribution in [0.2, 0.25) is 0 Å². The minimum absolute atomic E-state index is 0.196. The van der Waals surface area contributed by atoms with Crippen LogP contribution in [0.1, 0.15) is 56.9 Å². The molecule has 2 amide bonds. The highest BCUT2D eigenvalue weighted by Gasteiger charge is 2.22. The molecule has 0 radical (unpaired) electrons. The van der Waals surface area contributed by atoms with E-state index in [0.29, 0.717) is 29.7 Å². The van der Waals surface area contributed by atoms with Gasteiger partial charge in [-0.2, -0.15) is 5.10 Å².